The van der Waals surface area contributed by atoms with Gasteiger partial charge in [-0.15, -0.1) is 23.2 Å². The van der Waals surface area contributed by atoms with Crippen LogP contribution in [0.2, 0.25) is 0 Å². The summed E-state index contributed by atoms with van der Waals surface area (Å²) in [5.41, 5.74) is 2.96. The van der Waals surface area contributed by atoms with Crippen LogP contribution in [-0.4, -0.2) is 87.3 Å². The molecule has 0 aliphatic rings. The molecule has 0 radical (unpaired) electrons. The van der Waals surface area contributed by atoms with Gasteiger partial charge >= 0.3 is 5.97 Å². The van der Waals surface area contributed by atoms with Crippen molar-refractivity contribution in [3.8, 4) is 0 Å². The van der Waals surface area contributed by atoms with Gasteiger partial charge in [-0.1, -0.05) is 0 Å². The van der Waals surface area contributed by atoms with Crippen molar-refractivity contribution in [2.24, 2.45) is 0 Å². The second-order valence-electron chi connectivity index (χ2n) is 5.43. The highest BCUT2D eigenvalue weighted by atomic mass is 35.5. The molecule has 0 saturated heterocycles. The molecule has 0 aliphatic heterocycles. The number of sulfone groups is 2. The van der Waals surface area contributed by atoms with Gasteiger partial charge in [0, 0.05) is 31.4 Å². The predicted octanol–water partition coefficient (Wildman–Crippen LogP) is 0.355. The Bertz CT molecular complexity index is 583. The van der Waals surface area contributed by atoms with Gasteiger partial charge in [-0.25, -0.2) is 21.8 Å². The number of carboxylic acids is 1. The molecule has 0 saturated carbocycles. The molecule has 0 heterocycles. The normalized spacial score (nSPS) is 12.6. The van der Waals surface area contributed by atoms with Gasteiger partial charge in [0.1, 0.15) is 0 Å². The van der Waals surface area contributed by atoms with E-state index in [0.717, 1.165) is 0 Å². The van der Waals surface area contributed by atoms with Crippen molar-refractivity contribution in [2.75, 3.05) is 54.4 Å². The van der Waals surface area contributed by atoms with Crippen LogP contribution >= 0.6 is 23.2 Å². The van der Waals surface area contributed by atoms with Crippen molar-refractivity contribution in [1.82, 2.24) is 10.4 Å². The number of nitrogens with one attached hydrogen (secondary N) is 1. The lowest BCUT2D eigenvalue weighted by Crippen LogP contribution is -2.41. The van der Waals surface area contributed by atoms with Crippen molar-refractivity contribution in [3.05, 3.63) is 0 Å². The van der Waals surface area contributed by atoms with Crippen LogP contribution in [0.15, 0.2) is 0 Å². The first kappa shape index (κ1) is 24.9. The highest BCUT2D eigenvalue weighted by Gasteiger charge is 2.13. The third-order valence-corrected chi connectivity index (χ3v) is 7.52. The molecule has 0 aromatic heterocycles. The van der Waals surface area contributed by atoms with Gasteiger partial charge in [-0.3, -0.25) is 10.2 Å². The summed E-state index contributed by atoms with van der Waals surface area (Å²) in [7, 11) is -6.38. The van der Waals surface area contributed by atoms with E-state index in [1.165, 1.54) is 0 Å². The summed E-state index contributed by atoms with van der Waals surface area (Å²) in [6.45, 7) is 0.873. The number of carbonyl (C=O) groups is 1. The maximum atomic E-state index is 11.6. The second-order valence-corrected chi connectivity index (χ2v) is 10.8. The first-order chi connectivity index (χ1) is 11.6. The molecule has 0 amide bonds. The smallest absolute Gasteiger partial charge is 0.304 e. The van der Waals surface area contributed by atoms with Crippen LogP contribution in [0.3, 0.4) is 0 Å². The number of aliphatic carboxylic acids is 1. The SMILES string of the molecule is O=C(O)CCN(CCCS(=O)(=O)CCCl)NCCCS(=O)(=O)CCCl. The fourth-order valence-electron chi connectivity index (χ4n) is 1.94. The summed E-state index contributed by atoms with van der Waals surface area (Å²) in [5.74, 6) is -1.08. The summed E-state index contributed by atoms with van der Waals surface area (Å²) in [6.07, 6.45) is 0.579. The quantitative estimate of drug-likeness (QED) is 0.200. The van der Waals surface area contributed by atoms with Crippen molar-refractivity contribution >= 4 is 48.8 Å². The maximum absolute atomic E-state index is 11.6. The highest BCUT2D eigenvalue weighted by molar-refractivity contribution is 7.91. The first-order valence-corrected chi connectivity index (χ1v) is 12.6. The lowest BCUT2D eigenvalue weighted by molar-refractivity contribution is -0.137. The van der Waals surface area contributed by atoms with Crippen LogP contribution in [0, 0.1) is 0 Å². The van der Waals surface area contributed by atoms with Crippen LogP contribution < -0.4 is 5.43 Å². The van der Waals surface area contributed by atoms with Crippen molar-refractivity contribution in [2.45, 2.75) is 19.3 Å². The Hall–Kier alpha value is -0.130. The summed E-state index contributed by atoms with van der Waals surface area (Å²) in [4.78, 5) is 10.7. The molecule has 0 aromatic rings. The van der Waals surface area contributed by atoms with E-state index in [2.05, 4.69) is 5.43 Å². The summed E-state index contributed by atoms with van der Waals surface area (Å²) in [6, 6.07) is 0. The molecule has 2 N–H and O–H groups in total. The molecule has 8 nitrogen and oxygen atoms in total. The third kappa shape index (κ3) is 14.7. The van der Waals surface area contributed by atoms with Crippen molar-refractivity contribution in [3.63, 3.8) is 0 Å². The Kier molecular flexibility index (Phi) is 13.0. The molecule has 150 valence electrons. The van der Waals surface area contributed by atoms with Gasteiger partial charge in [0.2, 0.25) is 0 Å². The summed E-state index contributed by atoms with van der Waals surface area (Å²) >= 11 is 10.9. The van der Waals surface area contributed by atoms with Crippen LogP contribution in [-0.2, 0) is 24.5 Å². The van der Waals surface area contributed by atoms with Gasteiger partial charge in [-0.05, 0) is 12.8 Å². The number of hydrogen-bond acceptors (Lipinski definition) is 7. The van der Waals surface area contributed by atoms with Gasteiger partial charge in [0.15, 0.2) is 19.7 Å². The molecule has 0 atom stereocenters. The molecule has 0 spiro atoms. The number of rotatable bonds is 16. The zero-order valence-electron chi connectivity index (χ0n) is 14.0. The Morgan fingerprint density at radius 2 is 1.40 bits per heavy atom. The molecule has 0 bridgehead atoms. The fraction of sp³-hybridized carbons (Fsp3) is 0.923. The maximum Gasteiger partial charge on any atom is 0.304 e. The number of nitrogens with zero attached hydrogens (tertiary/aromatic N) is 1. The number of hydrazine groups is 1. The molecule has 0 aromatic carbocycles. The van der Waals surface area contributed by atoms with E-state index in [0.29, 0.717) is 25.9 Å². The van der Waals surface area contributed by atoms with Crippen LogP contribution in [0.5, 0.6) is 0 Å². The van der Waals surface area contributed by atoms with E-state index in [1.807, 2.05) is 0 Å². The molecule has 25 heavy (non-hydrogen) atoms. The van der Waals surface area contributed by atoms with E-state index in [4.69, 9.17) is 28.3 Å². The van der Waals surface area contributed by atoms with Gasteiger partial charge < -0.3 is 5.11 Å². The van der Waals surface area contributed by atoms with Crippen molar-refractivity contribution in [1.29, 1.82) is 0 Å². The molecular formula is C13H26Cl2N2O6S2. The van der Waals surface area contributed by atoms with E-state index < -0.39 is 25.6 Å². The third-order valence-electron chi connectivity index (χ3n) is 3.22. The lowest BCUT2D eigenvalue weighted by atomic mass is 10.4. The number of halogens is 2. The monoisotopic (exact) mass is 440 g/mol. The Morgan fingerprint density at radius 3 is 1.88 bits per heavy atom. The van der Waals surface area contributed by atoms with Gasteiger partial charge in [0.05, 0.1) is 29.4 Å². The lowest BCUT2D eigenvalue weighted by Gasteiger charge is -2.22. The standard InChI is InChI=1S/C13H26Cl2N2O6S2/c14-4-11-24(20,21)9-1-6-16-17(8-3-13(18)19)7-2-10-25(22,23)12-5-15/h16H,1-12H2,(H,18,19). The summed E-state index contributed by atoms with van der Waals surface area (Å²) in [5, 5.41) is 10.4. The molecule has 0 rings (SSSR count). The van der Waals surface area contributed by atoms with Crippen LogP contribution in [0.4, 0.5) is 0 Å². The van der Waals surface area contributed by atoms with Crippen LogP contribution in [0.1, 0.15) is 19.3 Å². The number of hydrogen-bond donors (Lipinski definition) is 2. The zero-order valence-corrected chi connectivity index (χ0v) is 17.1. The van der Waals surface area contributed by atoms with E-state index in [-0.39, 0.29) is 47.7 Å². The van der Waals surface area contributed by atoms with Crippen molar-refractivity contribution < 1.29 is 26.7 Å². The minimum absolute atomic E-state index is 0.0103. The topological polar surface area (TPSA) is 121 Å². The zero-order chi connectivity index (χ0) is 19.3. The Labute approximate surface area is 159 Å². The predicted molar refractivity (Wildman–Crippen MR) is 99.8 cm³/mol. The largest absolute Gasteiger partial charge is 0.481 e. The molecular weight excluding hydrogens is 415 g/mol. The highest BCUT2D eigenvalue weighted by Crippen LogP contribution is 2.00. The van der Waals surface area contributed by atoms with E-state index in [9.17, 15) is 21.6 Å². The fourth-order valence-corrected chi connectivity index (χ4v) is 5.39. The average molecular weight is 441 g/mol. The molecule has 0 unspecified atom stereocenters. The molecule has 12 heteroatoms. The Balaban J connectivity index is 4.31. The molecule has 0 fully saturated rings. The number of carboxylic acid groups (broad SMARTS) is 1. The average Bonchev–Trinajstić information content (AvgIpc) is 2.47. The minimum Gasteiger partial charge on any atom is -0.481 e. The van der Waals surface area contributed by atoms with Crippen LogP contribution in [0.25, 0.3) is 0 Å². The van der Waals surface area contributed by atoms with Gasteiger partial charge in [-0.2, -0.15) is 0 Å². The number of alkyl halides is 2. The summed E-state index contributed by atoms with van der Waals surface area (Å²) < 4.78 is 46.3. The van der Waals surface area contributed by atoms with Gasteiger partial charge in [0.25, 0.3) is 0 Å². The van der Waals surface area contributed by atoms with E-state index >= 15 is 0 Å². The second kappa shape index (κ2) is 13.1. The Morgan fingerprint density at radius 1 is 0.880 bits per heavy atom. The minimum atomic E-state index is -3.20. The van der Waals surface area contributed by atoms with E-state index in [1.54, 1.807) is 5.01 Å². The first-order valence-electron chi connectivity index (χ1n) is 7.85. The molecule has 0 aliphatic carbocycles.